The zero-order valence-electron chi connectivity index (χ0n) is 28.0. The van der Waals surface area contributed by atoms with Crippen molar-refractivity contribution in [3.8, 4) is 28.9 Å². The number of pyridine rings is 1. The molecule has 6 aromatic rings. The van der Waals surface area contributed by atoms with Gasteiger partial charge in [0.05, 0.1) is 36.6 Å². The molecule has 2 N–H and O–H groups in total. The van der Waals surface area contributed by atoms with Crippen molar-refractivity contribution in [2.45, 2.75) is 32.6 Å². The highest BCUT2D eigenvalue weighted by Gasteiger charge is 2.22. The summed E-state index contributed by atoms with van der Waals surface area (Å²) in [5.74, 6) is 2.46. The topological polar surface area (TPSA) is 159 Å². The van der Waals surface area contributed by atoms with Gasteiger partial charge in [-0.15, -0.1) is 0 Å². The van der Waals surface area contributed by atoms with Crippen LogP contribution >= 0.6 is 0 Å². The monoisotopic (exact) mass is 693 g/mol. The molecule has 3 aromatic carbocycles. The van der Waals surface area contributed by atoms with Gasteiger partial charge in [0.15, 0.2) is 0 Å². The third-order valence-corrected chi connectivity index (χ3v) is 7.92. The number of hydrogen-bond donors (Lipinski definition) is 2. The Labute approximate surface area is 289 Å². The quantitative estimate of drug-likeness (QED) is 0.145. The smallest absolute Gasteiger partial charge is 0.324 e. The van der Waals surface area contributed by atoms with Crippen LogP contribution in [0.15, 0.2) is 97.3 Å². The number of ether oxygens (including phenoxy) is 2. The van der Waals surface area contributed by atoms with E-state index >= 15 is 0 Å². The van der Waals surface area contributed by atoms with E-state index < -0.39 is 16.1 Å². The number of carbonyl (C=O) groups excluding carboxylic acids is 1. The Hall–Kier alpha value is -6.02. The van der Waals surface area contributed by atoms with Gasteiger partial charge in [-0.1, -0.05) is 57.2 Å². The highest BCUT2D eigenvalue weighted by Crippen LogP contribution is 2.34. The second kappa shape index (κ2) is 13.8. The van der Waals surface area contributed by atoms with E-state index in [1.165, 1.54) is 0 Å². The molecule has 0 radical (unpaired) electrons. The van der Waals surface area contributed by atoms with Crippen LogP contribution in [-0.4, -0.2) is 52.5 Å². The SMILES string of the molecule is COc1ccc(-n2nc(C(C)(C)C)cc2NC(=O)Nc2ccc(Oc3ccnc(Cc4cccc(OS(C)(=O)=O)c4)n3)c3ccccc23)cn1. The average Bonchev–Trinajstić information content (AvgIpc) is 3.50. The van der Waals surface area contributed by atoms with Crippen LogP contribution in [0.2, 0.25) is 0 Å². The maximum Gasteiger partial charge on any atom is 0.324 e. The minimum atomic E-state index is -3.66. The van der Waals surface area contributed by atoms with Gasteiger partial charge in [0.2, 0.25) is 11.8 Å². The van der Waals surface area contributed by atoms with E-state index in [1.54, 1.807) is 66.6 Å². The Balaban J connectivity index is 1.21. The van der Waals surface area contributed by atoms with Crippen molar-refractivity contribution in [1.82, 2.24) is 24.7 Å². The maximum absolute atomic E-state index is 13.4. The molecule has 0 unspecified atom stereocenters. The molecule has 6 rings (SSSR count). The number of anilines is 2. The number of benzene rings is 3. The largest absolute Gasteiger partial charge is 0.481 e. The van der Waals surface area contributed by atoms with Gasteiger partial charge >= 0.3 is 16.1 Å². The van der Waals surface area contributed by atoms with Gasteiger partial charge in [-0.2, -0.15) is 18.5 Å². The first-order valence-corrected chi connectivity index (χ1v) is 17.4. The number of methoxy groups -OCH3 is 1. The summed E-state index contributed by atoms with van der Waals surface area (Å²) in [5.41, 5.74) is 2.51. The molecule has 256 valence electrons. The van der Waals surface area contributed by atoms with Crippen LogP contribution in [-0.2, 0) is 22.0 Å². The summed E-state index contributed by atoms with van der Waals surface area (Å²) < 4.78 is 41.1. The van der Waals surface area contributed by atoms with Crippen LogP contribution in [0.4, 0.5) is 16.3 Å². The molecule has 0 atom stereocenters. The highest BCUT2D eigenvalue weighted by atomic mass is 32.2. The molecule has 3 heterocycles. The average molecular weight is 694 g/mol. The summed E-state index contributed by atoms with van der Waals surface area (Å²) in [6, 6.07) is 24.4. The Morgan fingerprint density at radius 3 is 2.40 bits per heavy atom. The van der Waals surface area contributed by atoms with Crippen molar-refractivity contribution in [3.05, 3.63) is 114 Å². The number of amides is 2. The van der Waals surface area contributed by atoms with E-state index in [0.29, 0.717) is 46.9 Å². The predicted molar refractivity (Wildman–Crippen MR) is 190 cm³/mol. The molecule has 13 nitrogen and oxygen atoms in total. The second-order valence-corrected chi connectivity index (χ2v) is 14.0. The van der Waals surface area contributed by atoms with E-state index in [9.17, 15) is 13.2 Å². The van der Waals surface area contributed by atoms with E-state index in [1.807, 2.05) is 63.2 Å². The Kier molecular flexibility index (Phi) is 9.37. The normalized spacial score (nSPS) is 11.6. The maximum atomic E-state index is 13.4. The van der Waals surface area contributed by atoms with Gasteiger partial charge < -0.3 is 19.0 Å². The molecule has 0 saturated carbocycles. The number of nitrogens with zero attached hydrogens (tertiary/aromatic N) is 5. The first kappa shape index (κ1) is 33.9. The van der Waals surface area contributed by atoms with Crippen molar-refractivity contribution in [1.29, 1.82) is 0 Å². The third-order valence-electron chi connectivity index (χ3n) is 7.43. The van der Waals surface area contributed by atoms with Gasteiger partial charge in [-0.05, 0) is 35.9 Å². The molecule has 2 amide bonds. The van der Waals surface area contributed by atoms with Crippen LogP contribution in [0, 0.1) is 0 Å². The van der Waals surface area contributed by atoms with Crippen molar-refractivity contribution in [2.24, 2.45) is 0 Å². The lowest BCUT2D eigenvalue weighted by Crippen LogP contribution is -2.21. The molecule has 0 aliphatic rings. The van der Waals surface area contributed by atoms with Crippen molar-refractivity contribution < 1.29 is 26.9 Å². The number of urea groups is 1. The Bertz CT molecular complexity index is 2280. The molecule has 3 aromatic heterocycles. The lowest BCUT2D eigenvalue weighted by atomic mass is 9.92. The molecular formula is C36H35N7O6S. The number of nitrogens with one attached hydrogen (secondary N) is 2. The van der Waals surface area contributed by atoms with Crippen LogP contribution < -0.4 is 24.3 Å². The van der Waals surface area contributed by atoms with Gasteiger partial charge in [0.1, 0.15) is 23.1 Å². The molecule has 0 bridgehead atoms. The van der Waals surface area contributed by atoms with E-state index in [4.69, 9.17) is 18.8 Å². The summed E-state index contributed by atoms with van der Waals surface area (Å²) in [6.45, 7) is 6.14. The number of rotatable bonds is 10. The van der Waals surface area contributed by atoms with E-state index in [2.05, 4.69) is 25.6 Å². The summed E-state index contributed by atoms with van der Waals surface area (Å²) in [4.78, 5) is 26.6. The van der Waals surface area contributed by atoms with Gasteiger partial charge in [-0.25, -0.2) is 19.4 Å². The minimum absolute atomic E-state index is 0.209. The van der Waals surface area contributed by atoms with E-state index in [-0.39, 0.29) is 11.2 Å². The lowest BCUT2D eigenvalue weighted by molar-refractivity contribution is 0.262. The van der Waals surface area contributed by atoms with Crippen molar-refractivity contribution in [3.63, 3.8) is 0 Å². The van der Waals surface area contributed by atoms with Gasteiger partial charge in [0, 0.05) is 47.0 Å². The number of aromatic nitrogens is 5. The fourth-order valence-corrected chi connectivity index (χ4v) is 5.54. The minimum Gasteiger partial charge on any atom is -0.481 e. The fourth-order valence-electron chi connectivity index (χ4n) is 5.09. The Morgan fingerprint density at radius 1 is 0.880 bits per heavy atom. The fraction of sp³-hybridized carbons (Fsp3) is 0.194. The third kappa shape index (κ3) is 8.15. The summed E-state index contributed by atoms with van der Waals surface area (Å²) >= 11 is 0. The number of hydrogen-bond acceptors (Lipinski definition) is 10. The molecule has 0 saturated heterocycles. The standard InChI is InChI=1S/C36H35N7O6S/c1-36(2,3)30-21-32(43(42-30)24-13-16-33(47-4)38-22-24)41-35(44)39-28-14-15-29(27-12-7-6-11-26(27)28)48-34-17-18-37-31(40-34)20-23-9-8-10-25(19-23)49-50(5,45)46/h6-19,21-22H,20H2,1-5H3,(H2,39,41,44). The van der Waals surface area contributed by atoms with E-state index in [0.717, 1.165) is 28.3 Å². The Morgan fingerprint density at radius 2 is 1.68 bits per heavy atom. The van der Waals surface area contributed by atoms with Crippen molar-refractivity contribution in [2.75, 3.05) is 24.0 Å². The summed E-state index contributed by atoms with van der Waals surface area (Å²) in [7, 11) is -2.11. The first-order valence-electron chi connectivity index (χ1n) is 15.5. The second-order valence-electron chi connectivity index (χ2n) is 12.4. The van der Waals surface area contributed by atoms with Gasteiger partial charge in [0.25, 0.3) is 0 Å². The summed E-state index contributed by atoms with van der Waals surface area (Å²) in [6.07, 6.45) is 4.53. The molecule has 0 aliphatic heterocycles. The van der Waals surface area contributed by atoms with Crippen LogP contribution in [0.3, 0.4) is 0 Å². The van der Waals surface area contributed by atoms with Crippen molar-refractivity contribution >= 4 is 38.4 Å². The highest BCUT2D eigenvalue weighted by molar-refractivity contribution is 7.86. The predicted octanol–water partition coefficient (Wildman–Crippen LogP) is 6.88. The lowest BCUT2D eigenvalue weighted by Gasteiger charge is -2.14. The zero-order chi connectivity index (χ0) is 35.5. The molecule has 14 heteroatoms. The zero-order valence-corrected chi connectivity index (χ0v) is 28.9. The summed E-state index contributed by atoms with van der Waals surface area (Å²) in [5, 5.41) is 12.2. The number of fused-ring (bicyclic) bond motifs is 1. The van der Waals surface area contributed by atoms with Crippen LogP contribution in [0.5, 0.6) is 23.3 Å². The molecule has 0 aliphatic carbocycles. The molecule has 0 spiro atoms. The van der Waals surface area contributed by atoms with Crippen LogP contribution in [0.1, 0.15) is 37.9 Å². The van der Waals surface area contributed by atoms with Crippen LogP contribution in [0.25, 0.3) is 16.5 Å². The van der Waals surface area contributed by atoms with Gasteiger partial charge in [-0.3, -0.25) is 5.32 Å². The first-order chi connectivity index (χ1) is 23.8. The molecular weight excluding hydrogens is 659 g/mol. The molecule has 0 fully saturated rings. The number of carbonyl (C=O) groups is 1. The molecule has 50 heavy (non-hydrogen) atoms.